The first kappa shape index (κ1) is 19.9. The third-order valence-electron chi connectivity index (χ3n) is 4.34. The summed E-state index contributed by atoms with van der Waals surface area (Å²) in [6.45, 7) is 7.23. The van der Waals surface area contributed by atoms with Gasteiger partial charge in [-0.15, -0.1) is 0 Å². The molecule has 2 rings (SSSR count). The van der Waals surface area contributed by atoms with E-state index in [1.165, 1.54) is 0 Å². The number of hydrogen-bond donors (Lipinski definition) is 2. The summed E-state index contributed by atoms with van der Waals surface area (Å²) in [6.07, 6.45) is 1.98. The van der Waals surface area contributed by atoms with E-state index in [4.69, 9.17) is 4.74 Å². The number of hydrogen-bond acceptors (Lipinski definition) is 4. The Morgan fingerprint density at radius 2 is 1.92 bits per heavy atom. The molecule has 1 fully saturated rings. The molecule has 1 aromatic rings. The molecule has 0 spiro atoms. The van der Waals surface area contributed by atoms with Crippen molar-refractivity contribution >= 4 is 15.9 Å². The molecule has 0 aliphatic carbocycles. The summed E-state index contributed by atoms with van der Waals surface area (Å²) >= 11 is 0. The number of amides is 1. The van der Waals surface area contributed by atoms with Gasteiger partial charge in [0, 0.05) is 25.6 Å². The second-order valence-corrected chi connectivity index (χ2v) is 8.92. The predicted molar refractivity (Wildman–Crippen MR) is 96.7 cm³/mol. The first-order valence-corrected chi connectivity index (χ1v) is 10.2. The normalized spacial score (nSPS) is 20.2. The summed E-state index contributed by atoms with van der Waals surface area (Å²) in [5.74, 6) is -0.00855. The maximum Gasteiger partial charge on any atom is 0.240 e. The molecule has 0 radical (unpaired) electrons. The first-order chi connectivity index (χ1) is 11.7. The largest absolute Gasteiger partial charge is 0.376 e. The second kappa shape index (κ2) is 8.29. The molecule has 1 aromatic carbocycles. The standard InChI is InChI=1S/C18H28N2O4S/c1-14-5-7-16(8-6-14)25(22,23)20-11-4-10-19-17(21)15-9-12-24-18(2,3)13-15/h5-8,15,20H,4,9-13H2,1-3H3,(H,19,21)/t15-/m0/s1. The Kier molecular flexibility index (Phi) is 6.59. The van der Waals surface area contributed by atoms with Crippen molar-refractivity contribution in [1.29, 1.82) is 0 Å². The third-order valence-corrected chi connectivity index (χ3v) is 5.82. The van der Waals surface area contributed by atoms with Crippen LogP contribution < -0.4 is 10.0 Å². The van der Waals surface area contributed by atoms with Crippen LogP contribution in [0.3, 0.4) is 0 Å². The monoisotopic (exact) mass is 368 g/mol. The van der Waals surface area contributed by atoms with Crippen molar-refractivity contribution in [1.82, 2.24) is 10.0 Å². The molecule has 6 nitrogen and oxygen atoms in total. The van der Waals surface area contributed by atoms with Gasteiger partial charge in [-0.3, -0.25) is 4.79 Å². The molecule has 0 bridgehead atoms. The van der Waals surface area contributed by atoms with Crippen molar-refractivity contribution in [3.63, 3.8) is 0 Å². The van der Waals surface area contributed by atoms with Crippen molar-refractivity contribution in [2.24, 2.45) is 5.92 Å². The number of nitrogens with one attached hydrogen (secondary N) is 2. The molecule has 2 N–H and O–H groups in total. The fraction of sp³-hybridized carbons (Fsp3) is 0.611. The minimum Gasteiger partial charge on any atom is -0.376 e. The number of carbonyl (C=O) groups excluding carboxylic acids is 1. The van der Waals surface area contributed by atoms with Crippen molar-refractivity contribution in [3.8, 4) is 0 Å². The van der Waals surface area contributed by atoms with Gasteiger partial charge in [0.15, 0.2) is 0 Å². The fourth-order valence-electron chi connectivity index (χ4n) is 2.91. The number of sulfonamides is 1. The zero-order valence-electron chi connectivity index (χ0n) is 15.2. The van der Waals surface area contributed by atoms with E-state index in [0.717, 1.165) is 12.0 Å². The van der Waals surface area contributed by atoms with Gasteiger partial charge in [-0.25, -0.2) is 13.1 Å². The molecule has 0 aromatic heterocycles. The van der Waals surface area contributed by atoms with Gasteiger partial charge in [0.1, 0.15) is 0 Å². The van der Waals surface area contributed by atoms with Gasteiger partial charge >= 0.3 is 0 Å². The smallest absolute Gasteiger partial charge is 0.240 e. The average Bonchev–Trinajstić information content (AvgIpc) is 2.53. The Hall–Kier alpha value is -1.44. The van der Waals surface area contributed by atoms with Gasteiger partial charge in [-0.1, -0.05) is 17.7 Å². The predicted octanol–water partition coefficient (Wildman–Crippen LogP) is 1.98. The van der Waals surface area contributed by atoms with Crippen LogP contribution in [0.2, 0.25) is 0 Å². The average molecular weight is 368 g/mol. The highest BCUT2D eigenvalue weighted by atomic mass is 32.2. The summed E-state index contributed by atoms with van der Waals surface area (Å²) in [5.41, 5.74) is 0.752. The molecule has 7 heteroatoms. The highest BCUT2D eigenvalue weighted by Crippen LogP contribution is 2.28. The van der Waals surface area contributed by atoms with E-state index in [-0.39, 0.29) is 28.9 Å². The number of rotatable bonds is 7. The fourth-order valence-corrected chi connectivity index (χ4v) is 3.98. The van der Waals surface area contributed by atoms with E-state index in [0.29, 0.717) is 26.0 Å². The van der Waals surface area contributed by atoms with Gasteiger partial charge in [-0.05, 0) is 52.2 Å². The van der Waals surface area contributed by atoms with E-state index < -0.39 is 10.0 Å². The zero-order valence-corrected chi connectivity index (χ0v) is 16.0. The van der Waals surface area contributed by atoms with Crippen LogP contribution in [0.1, 0.15) is 38.7 Å². The van der Waals surface area contributed by atoms with E-state index in [1.807, 2.05) is 20.8 Å². The third kappa shape index (κ3) is 6.09. The van der Waals surface area contributed by atoms with Crippen LogP contribution in [0, 0.1) is 12.8 Å². The molecule has 0 unspecified atom stereocenters. The molecule has 1 aliphatic rings. The van der Waals surface area contributed by atoms with Crippen LogP contribution in [0.15, 0.2) is 29.2 Å². The summed E-state index contributed by atoms with van der Waals surface area (Å²) < 4.78 is 32.5. The molecule has 1 amide bonds. The van der Waals surface area contributed by atoms with Crippen LogP contribution in [-0.2, 0) is 19.6 Å². The Bertz CT molecular complexity index is 684. The van der Waals surface area contributed by atoms with Crippen molar-refractivity contribution in [2.75, 3.05) is 19.7 Å². The number of carbonyl (C=O) groups is 1. The molecule has 1 heterocycles. The van der Waals surface area contributed by atoms with E-state index in [2.05, 4.69) is 10.0 Å². The number of aryl methyl sites for hydroxylation is 1. The molecule has 1 atom stereocenters. The van der Waals surface area contributed by atoms with Gasteiger partial charge in [-0.2, -0.15) is 0 Å². The summed E-state index contributed by atoms with van der Waals surface area (Å²) in [6, 6.07) is 6.72. The van der Waals surface area contributed by atoms with Crippen molar-refractivity contribution in [2.45, 2.75) is 50.5 Å². The van der Waals surface area contributed by atoms with Gasteiger partial charge in [0.25, 0.3) is 0 Å². The molecule has 1 saturated heterocycles. The van der Waals surface area contributed by atoms with E-state index in [9.17, 15) is 13.2 Å². The lowest BCUT2D eigenvalue weighted by Gasteiger charge is -2.34. The first-order valence-electron chi connectivity index (χ1n) is 8.68. The van der Waals surface area contributed by atoms with Crippen molar-refractivity contribution < 1.29 is 17.9 Å². The van der Waals surface area contributed by atoms with Crippen molar-refractivity contribution in [3.05, 3.63) is 29.8 Å². The summed E-state index contributed by atoms with van der Waals surface area (Å²) in [4.78, 5) is 12.5. The molecular weight excluding hydrogens is 340 g/mol. The van der Waals surface area contributed by atoms with E-state index >= 15 is 0 Å². The number of benzene rings is 1. The lowest BCUT2D eigenvalue weighted by molar-refractivity contribution is -0.135. The maximum absolute atomic E-state index is 12.2. The zero-order chi connectivity index (χ0) is 18.5. The Labute approximate surface area is 150 Å². The number of ether oxygens (including phenoxy) is 1. The van der Waals surface area contributed by atoms with Gasteiger partial charge in [0.05, 0.1) is 10.5 Å². The SMILES string of the molecule is Cc1ccc(S(=O)(=O)NCCCNC(=O)[C@H]2CCOC(C)(C)C2)cc1. The minimum atomic E-state index is -3.49. The van der Waals surface area contributed by atoms with Gasteiger partial charge in [0.2, 0.25) is 15.9 Å². The van der Waals surface area contributed by atoms with E-state index in [1.54, 1.807) is 24.3 Å². The second-order valence-electron chi connectivity index (χ2n) is 7.15. The molecule has 1 aliphatic heterocycles. The lowest BCUT2D eigenvalue weighted by Crippen LogP contribution is -2.42. The van der Waals surface area contributed by atoms with Crippen LogP contribution in [-0.4, -0.2) is 39.6 Å². The summed E-state index contributed by atoms with van der Waals surface area (Å²) in [7, 11) is -3.49. The Balaban J connectivity index is 1.70. The Morgan fingerprint density at radius 1 is 1.24 bits per heavy atom. The quantitative estimate of drug-likeness (QED) is 0.721. The Morgan fingerprint density at radius 3 is 2.56 bits per heavy atom. The van der Waals surface area contributed by atoms with Crippen LogP contribution in [0.4, 0.5) is 0 Å². The maximum atomic E-state index is 12.2. The summed E-state index contributed by atoms with van der Waals surface area (Å²) in [5, 5.41) is 2.89. The molecular formula is C18H28N2O4S. The molecule has 0 saturated carbocycles. The van der Waals surface area contributed by atoms with Crippen LogP contribution >= 0.6 is 0 Å². The van der Waals surface area contributed by atoms with Gasteiger partial charge < -0.3 is 10.1 Å². The van der Waals surface area contributed by atoms with Crippen LogP contribution in [0.5, 0.6) is 0 Å². The van der Waals surface area contributed by atoms with Crippen LogP contribution in [0.25, 0.3) is 0 Å². The highest BCUT2D eigenvalue weighted by molar-refractivity contribution is 7.89. The minimum absolute atomic E-state index is 0.0257. The highest BCUT2D eigenvalue weighted by Gasteiger charge is 2.32. The topological polar surface area (TPSA) is 84.5 Å². The molecule has 25 heavy (non-hydrogen) atoms. The molecule has 140 valence electrons. The lowest BCUT2D eigenvalue weighted by atomic mass is 9.88.